The lowest BCUT2D eigenvalue weighted by molar-refractivity contribution is 0.685. The smallest absolute Gasteiger partial charge is 0.177 e. The van der Waals surface area contributed by atoms with E-state index in [0.717, 1.165) is 17.7 Å². The lowest BCUT2D eigenvalue weighted by atomic mass is 10.2. The van der Waals surface area contributed by atoms with Crippen molar-refractivity contribution in [3.8, 4) is 0 Å². The molecule has 0 unspecified atom stereocenters. The molecule has 0 fully saturated rings. The zero-order chi connectivity index (χ0) is 9.97. The minimum absolute atomic E-state index is 0.772. The van der Waals surface area contributed by atoms with Crippen LogP contribution in [0, 0.1) is 4.77 Å². The first-order valence-corrected chi connectivity index (χ1v) is 4.88. The number of imidazole rings is 1. The first-order chi connectivity index (χ1) is 6.75. The van der Waals surface area contributed by atoms with Gasteiger partial charge in [-0.1, -0.05) is 0 Å². The third kappa shape index (κ3) is 1.93. The largest absolute Gasteiger partial charge is 0.337 e. The number of rotatable bonds is 3. The molecule has 0 saturated heterocycles. The van der Waals surface area contributed by atoms with Crippen LogP contribution in [0.25, 0.3) is 0 Å². The molecule has 5 heteroatoms. The second-order valence-electron chi connectivity index (χ2n) is 3.23. The van der Waals surface area contributed by atoms with Crippen molar-refractivity contribution in [2.24, 2.45) is 7.05 Å². The summed E-state index contributed by atoms with van der Waals surface area (Å²) in [5, 5.41) is 4.11. The van der Waals surface area contributed by atoms with E-state index in [-0.39, 0.29) is 0 Å². The molecule has 0 atom stereocenters. The van der Waals surface area contributed by atoms with E-state index < -0.39 is 0 Å². The Labute approximate surface area is 87.2 Å². The maximum Gasteiger partial charge on any atom is 0.177 e. The van der Waals surface area contributed by atoms with E-state index in [1.165, 1.54) is 5.56 Å². The van der Waals surface area contributed by atoms with Crippen molar-refractivity contribution in [3.63, 3.8) is 0 Å². The lowest BCUT2D eigenvalue weighted by Crippen LogP contribution is -1.99. The van der Waals surface area contributed by atoms with Crippen LogP contribution in [0.2, 0.25) is 0 Å². The van der Waals surface area contributed by atoms with Gasteiger partial charge in [0.25, 0.3) is 0 Å². The number of nitrogens with zero attached hydrogens (tertiary/aromatic N) is 3. The van der Waals surface area contributed by atoms with Gasteiger partial charge < -0.3 is 9.55 Å². The standard InChI is InChI=1S/C9H12N4S/c1-12-7-8(6-11-12)2-4-13-5-3-10-9(13)14/h3,5-7H,2,4H2,1H3,(H,10,14). The van der Waals surface area contributed by atoms with Gasteiger partial charge in [-0.05, 0) is 24.2 Å². The molecule has 14 heavy (non-hydrogen) atoms. The summed E-state index contributed by atoms with van der Waals surface area (Å²) in [5.41, 5.74) is 1.23. The topological polar surface area (TPSA) is 38.5 Å². The third-order valence-corrected chi connectivity index (χ3v) is 2.47. The van der Waals surface area contributed by atoms with Crippen LogP contribution in [0.5, 0.6) is 0 Å². The van der Waals surface area contributed by atoms with Gasteiger partial charge >= 0.3 is 0 Å². The summed E-state index contributed by atoms with van der Waals surface area (Å²) in [6.45, 7) is 0.897. The molecule has 2 aromatic heterocycles. The van der Waals surface area contributed by atoms with Gasteiger partial charge in [0.15, 0.2) is 4.77 Å². The summed E-state index contributed by atoms with van der Waals surface area (Å²) in [7, 11) is 1.92. The van der Waals surface area contributed by atoms with Crippen LogP contribution in [-0.4, -0.2) is 19.3 Å². The van der Waals surface area contributed by atoms with Crippen molar-refractivity contribution in [2.75, 3.05) is 0 Å². The van der Waals surface area contributed by atoms with E-state index in [9.17, 15) is 0 Å². The van der Waals surface area contributed by atoms with Crippen LogP contribution in [0.4, 0.5) is 0 Å². The summed E-state index contributed by atoms with van der Waals surface area (Å²) < 4.78 is 4.60. The normalized spacial score (nSPS) is 10.6. The highest BCUT2D eigenvalue weighted by atomic mass is 32.1. The predicted molar refractivity (Wildman–Crippen MR) is 56.5 cm³/mol. The first kappa shape index (κ1) is 9.21. The minimum atomic E-state index is 0.772. The van der Waals surface area contributed by atoms with Gasteiger partial charge in [0.05, 0.1) is 6.20 Å². The Morgan fingerprint density at radius 1 is 1.57 bits per heavy atom. The average molecular weight is 208 g/mol. The van der Waals surface area contributed by atoms with Crippen LogP contribution >= 0.6 is 12.2 Å². The van der Waals surface area contributed by atoms with Crippen LogP contribution in [-0.2, 0) is 20.0 Å². The van der Waals surface area contributed by atoms with Crippen LogP contribution in [0.15, 0.2) is 24.8 Å². The van der Waals surface area contributed by atoms with E-state index >= 15 is 0 Å². The summed E-state index contributed by atoms with van der Waals surface area (Å²) in [6.07, 6.45) is 8.68. The lowest BCUT2D eigenvalue weighted by Gasteiger charge is -1.99. The van der Waals surface area contributed by atoms with Crippen LogP contribution < -0.4 is 0 Å². The molecule has 2 heterocycles. The SMILES string of the molecule is Cn1cc(CCn2cc[nH]c2=S)cn1. The van der Waals surface area contributed by atoms with Gasteiger partial charge in [0.2, 0.25) is 0 Å². The number of aromatic nitrogens is 4. The zero-order valence-corrected chi connectivity index (χ0v) is 8.79. The Balaban J connectivity index is 2.01. The number of aromatic amines is 1. The molecule has 0 amide bonds. The molecular formula is C9H12N4S. The van der Waals surface area contributed by atoms with Gasteiger partial charge in [-0.2, -0.15) is 5.10 Å². The van der Waals surface area contributed by atoms with Gasteiger partial charge in [-0.25, -0.2) is 0 Å². The Hall–Kier alpha value is -1.36. The molecular weight excluding hydrogens is 196 g/mol. The number of hydrogen-bond donors (Lipinski definition) is 1. The summed E-state index contributed by atoms with van der Waals surface area (Å²) in [6, 6.07) is 0. The maximum atomic E-state index is 5.09. The summed E-state index contributed by atoms with van der Waals surface area (Å²) in [4.78, 5) is 2.97. The Morgan fingerprint density at radius 3 is 3.00 bits per heavy atom. The molecule has 0 radical (unpaired) electrons. The van der Waals surface area contributed by atoms with Crippen molar-refractivity contribution in [1.29, 1.82) is 0 Å². The molecule has 0 aliphatic heterocycles. The molecule has 74 valence electrons. The van der Waals surface area contributed by atoms with Crippen molar-refractivity contribution in [1.82, 2.24) is 19.3 Å². The predicted octanol–water partition coefficient (Wildman–Crippen LogP) is 1.52. The Bertz CT molecular complexity index is 465. The Kier molecular flexibility index (Phi) is 2.49. The quantitative estimate of drug-likeness (QED) is 0.777. The third-order valence-electron chi connectivity index (χ3n) is 2.12. The van der Waals surface area contributed by atoms with E-state index in [1.807, 2.05) is 41.1 Å². The molecule has 0 aliphatic carbocycles. The van der Waals surface area contributed by atoms with Crippen LogP contribution in [0.3, 0.4) is 0 Å². The van der Waals surface area contributed by atoms with Crippen LogP contribution in [0.1, 0.15) is 5.56 Å². The molecule has 0 aromatic carbocycles. The summed E-state index contributed by atoms with van der Waals surface area (Å²) >= 11 is 5.09. The van der Waals surface area contributed by atoms with Crippen molar-refractivity contribution in [2.45, 2.75) is 13.0 Å². The van der Waals surface area contributed by atoms with Gasteiger partial charge in [-0.15, -0.1) is 0 Å². The second-order valence-corrected chi connectivity index (χ2v) is 3.62. The number of H-pyrrole nitrogens is 1. The molecule has 0 aliphatic rings. The Morgan fingerprint density at radius 2 is 2.43 bits per heavy atom. The number of aryl methyl sites for hydroxylation is 3. The molecule has 1 N–H and O–H groups in total. The van der Waals surface area contributed by atoms with E-state index in [4.69, 9.17) is 12.2 Å². The molecule has 0 spiro atoms. The van der Waals surface area contributed by atoms with Gasteiger partial charge in [0.1, 0.15) is 0 Å². The average Bonchev–Trinajstić information content (AvgIpc) is 2.72. The highest BCUT2D eigenvalue weighted by molar-refractivity contribution is 7.71. The fraction of sp³-hybridized carbons (Fsp3) is 0.333. The second kappa shape index (κ2) is 3.79. The maximum absolute atomic E-state index is 5.09. The number of nitrogens with one attached hydrogen (secondary N) is 1. The van der Waals surface area contributed by atoms with Crippen molar-refractivity contribution >= 4 is 12.2 Å². The fourth-order valence-corrected chi connectivity index (χ4v) is 1.60. The molecule has 4 nitrogen and oxygen atoms in total. The highest BCUT2D eigenvalue weighted by Gasteiger charge is 1.97. The number of hydrogen-bond acceptors (Lipinski definition) is 2. The van der Waals surface area contributed by atoms with Crippen molar-refractivity contribution < 1.29 is 0 Å². The molecule has 2 aromatic rings. The van der Waals surface area contributed by atoms with Crippen molar-refractivity contribution in [3.05, 3.63) is 35.1 Å². The van der Waals surface area contributed by atoms with E-state index in [0.29, 0.717) is 0 Å². The monoisotopic (exact) mass is 208 g/mol. The highest BCUT2D eigenvalue weighted by Crippen LogP contribution is 2.00. The zero-order valence-electron chi connectivity index (χ0n) is 7.97. The molecule has 0 saturated carbocycles. The molecule has 0 bridgehead atoms. The summed E-state index contributed by atoms with van der Waals surface area (Å²) in [5.74, 6) is 0. The van der Waals surface area contributed by atoms with Gasteiger partial charge in [-0.3, -0.25) is 4.68 Å². The van der Waals surface area contributed by atoms with E-state index in [1.54, 1.807) is 0 Å². The van der Waals surface area contributed by atoms with E-state index in [2.05, 4.69) is 10.1 Å². The molecule has 2 rings (SSSR count). The fourth-order valence-electron chi connectivity index (χ4n) is 1.38. The first-order valence-electron chi connectivity index (χ1n) is 4.47. The minimum Gasteiger partial charge on any atom is -0.337 e. The van der Waals surface area contributed by atoms with Gasteiger partial charge in [0, 0.05) is 32.2 Å².